The van der Waals surface area contributed by atoms with Crippen LogP contribution in [0.3, 0.4) is 0 Å². The normalized spacial score (nSPS) is 14.2. The summed E-state index contributed by atoms with van der Waals surface area (Å²) in [6, 6.07) is 15.6. The highest BCUT2D eigenvalue weighted by Crippen LogP contribution is 2.20. The van der Waals surface area contributed by atoms with Crippen molar-refractivity contribution in [3.8, 4) is 0 Å². The molecular formula is C17H21N3. The summed E-state index contributed by atoms with van der Waals surface area (Å²) >= 11 is 0. The van der Waals surface area contributed by atoms with E-state index in [9.17, 15) is 0 Å². The Hall–Kier alpha value is -1.87. The lowest BCUT2D eigenvalue weighted by Crippen LogP contribution is -2.18. The van der Waals surface area contributed by atoms with E-state index in [0.29, 0.717) is 0 Å². The number of hydrogen-bond acceptors (Lipinski definition) is 3. The van der Waals surface area contributed by atoms with Crippen LogP contribution < -0.4 is 10.2 Å². The van der Waals surface area contributed by atoms with Crippen LogP contribution in [-0.4, -0.2) is 18.1 Å². The van der Waals surface area contributed by atoms with Gasteiger partial charge in [0.1, 0.15) is 0 Å². The van der Waals surface area contributed by atoms with Crippen molar-refractivity contribution in [1.29, 1.82) is 0 Å². The molecule has 1 aromatic heterocycles. The van der Waals surface area contributed by atoms with Crippen LogP contribution >= 0.6 is 0 Å². The van der Waals surface area contributed by atoms with Crippen molar-refractivity contribution < 1.29 is 0 Å². The maximum Gasteiger partial charge on any atom is 0.0598 e. The number of aromatic nitrogens is 1. The third kappa shape index (κ3) is 3.58. The summed E-state index contributed by atoms with van der Waals surface area (Å²) in [4.78, 5) is 6.59. The molecule has 1 heterocycles. The second-order valence-corrected chi connectivity index (χ2v) is 5.50. The minimum Gasteiger partial charge on any atom is -0.369 e. The third-order valence-electron chi connectivity index (χ3n) is 3.67. The summed E-state index contributed by atoms with van der Waals surface area (Å²) in [5.41, 5.74) is 3.67. The van der Waals surface area contributed by atoms with Gasteiger partial charge in [-0.05, 0) is 42.7 Å². The quantitative estimate of drug-likeness (QED) is 0.872. The van der Waals surface area contributed by atoms with Crippen LogP contribution in [0.5, 0.6) is 0 Å². The van der Waals surface area contributed by atoms with Crippen LogP contribution in [0.2, 0.25) is 0 Å². The zero-order valence-electron chi connectivity index (χ0n) is 11.9. The molecule has 1 saturated carbocycles. The van der Waals surface area contributed by atoms with Gasteiger partial charge < -0.3 is 10.2 Å². The maximum atomic E-state index is 4.37. The fourth-order valence-corrected chi connectivity index (χ4v) is 2.24. The standard InChI is InChI=1S/C17H21N3/c1-20(13-16-4-2-3-11-18-16)17-9-5-14(6-10-17)12-19-15-7-8-15/h2-6,9-11,15,19H,7-8,12-13H2,1H3. The largest absolute Gasteiger partial charge is 0.369 e. The Bertz CT molecular complexity index is 532. The van der Waals surface area contributed by atoms with Crippen molar-refractivity contribution in [3.63, 3.8) is 0 Å². The molecule has 1 aliphatic carbocycles. The first kappa shape index (κ1) is 13.1. The Balaban J connectivity index is 1.58. The molecule has 3 heteroatoms. The second-order valence-electron chi connectivity index (χ2n) is 5.50. The average molecular weight is 267 g/mol. The van der Waals surface area contributed by atoms with E-state index in [1.54, 1.807) is 0 Å². The average Bonchev–Trinajstić information content (AvgIpc) is 3.31. The highest BCUT2D eigenvalue weighted by atomic mass is 15.1. The van der Waals surface area contributed by atoms with Gasteiger partial charge >= 0.3 is 0 Å². The van der Waals surface area contributed by atoms with Gasteiger partial charge in [-0.3, -0.25) is 4.98 Å². The summed E-state index contributed by atoms with van der Waals surface area (Å²) in [5, 5.41) is 3.54. The number of rotatable bonds is 6. The van der Waals surface area contributed by atoms with Gasteiger partial charge in [0.15, 0.2) is 0 Å². The molecule has 1 fully saturated rings. The Morgan fingerprint density at radius 3 is 2.60 bits per heavy atom. The van der Waals surface area contributed by atoms with E-state index in [-0.39, 0.29) is 0 Å². The van der Waals surface area contributed by atoms with E-state index in [1.807, 2.05) is 18.3 Å². The monoisotopic (exact) mass is 267 g/mol. The first-order chi connectivity index (χ1) is 9.81. The van der Waals surface area contributed by atoms with Crippen LogP contribution in [0.15, 0.2) is 48.7 Å². The predicted molar refractivity (Wildman–Crippen MR) is 82.6 cm³/mol. The first-order valence-electron chi connectivity index (χ1n) is 7.24. The number of anilines is 1. The molecule has 0 aliphatic heterocycles. The fourth-order valence-electron chi connectivity index (χ4n) is 2.24. The highest BCUT2D eigenvalue weighted by molar-refractivity contribution is 5.47. The molecule has 104 valence electrons. The molecule has 1 aliphatic rings. The van der Waals surface area contributed by atoms with Gasteiger partial charge in [-0.1, -0.05) is 18.2 Å². The second kappa shape index (κ2) is 6.06. The van der Waals surface area contributed by atoms with Crippen molar-refractivity contribution in [1.82, 2.24) is 10.3 Å². The smallest absolute Gasteiger partial charge is 0.0598 e. The molecule has 1 N–H and O–H groups in total. The lowest BCUT2D eigenvalue weighted by atomic mass is 10.2. The van der Waals surface area contributed by atoms with E-state index < -0.39 is 0 Å². The molecule has 0 spiro atoms. The zero-order valence-corrected chi connectivity index (χ0v) is 11.9. The van der Waals surface area contributed by atoms with Gasteiger partial charge in [-0.25, -0.2) is 0 Å². The fraction of sp³-hybridized carbons (Fsp3) is 0.353. The summed E-state index contributed by atoms with van der Waals surface area (Å²) in [6.07, 6.45) is 4.52. The molecule has 3 rings (SSSR count). The van der Waals surface area contributed by atoms with Crippen molar-refractivity contribution >= 4 is 5.69 Å². The van der Waals surface area contributed by atoms with Crippen molar-refractivity contribution in [2.45, 2.75) is 32.0 Å². The lowest BCUT2D eigenvalue weighted by Gasteiger charge is -2.19. The number of nitrogens with one attached hydrogen (secondary N) is 1. The highest BCUT2D eigenvalue weighted by Gasteiger charge is 2.19. The topological polar surface area (TPSA) is 28.2 Å². The van der Waals surface area contributed by atoms with Crippen LogP contribution in [0.4, 0.5) is 5.69 Å². The van der Waals surface area contributed by atoms with Gasteiger partial charge in [0, 0.05) is 31.5 Å². The Labute approximate surface area is 120 Å². The van der Waals surface area contributed by atoms with E-state index in [2.05, 4.69) is 52.6 Å². The Morgan fingerprint density at radius 1 is 1.15 bits per heavy atom. The molecule has 3 nitrogen and oxygen atoms in total. The van der Waals surface area contributed by atoms with Crippen LogP contribution in [0.25, 0.3) is 0 Å². The molecule has 0 unspecified atom stereocenters. The number of benzene rings is 1. The summed E-state index contributed by atoms with van der Waals surface area (Å²) in [6.45, 7) is 1.81. The van der Waals surface area contributed by atoms with Gasteiger partial charge in [-0.15, -0.1) is 0 Å². The van der Waals surface area contributed by atoms with E-state index in [0.717, 1.165) is 24.8 Å². The van der Waals surface area contributed by atoms with Crippen molar-refractivity contribution in [3.05, 3.63) is 59.9 Å². The Kier molecular flexibility index (Phi) is 3.97. The van der Waals surface area contributed by atoms with Crippen LogP contribution in [-0.2, 0) is 13.1 Å². The number of hydrogen-bond donors (Lipinski definition) is 1. The van der Waals surface area contributed by atoms with Crippen molar-refractivity contribution in [2.75, 3.05) is 11.9 Å². The maximum absolute atomic E-state index is 4.37. The molecule has 0 saturated heterocycles. The summed E-state index contributed by atoms with van der Waals surface area (Å²) < 4.78 is 0. The minimum atomic E-state index is 0.765. The third-order valence-corrected chi connectivity index (χ3v) is 3.67. The molecule has 0 bridgehead atoms. The van der Waals surface area contributed by atoms with Gasteiger partial charge in [-0.2, -0.15) is 0 Å². The van der Waals surface area contributed by atoms with E-state index in [4.69, 9.17) is 0 Å². The van der Waals surface area contributed by atoms with Gasteiger partial charge in [0.05, 0.1) is 12.2 Å². The SMILES string of the molecule is CN(Cc1ccccn1)c1ccc(CNC2CC2)cc1. The molecule has 1 aromatic carbocycles. The minimum absolute atomic E-state index is 0.765. The first-order valence-corrected chi connectivity index (χ1v) is 7.24. The molecule has 20 heavy (non-hydrogen) atoms. The number of nitrogens with zero attached hydrogens (tertiary/aromatic N) is 2. The molecule has 0 amide bonds. The molecule has 2 aromatic rings. The summed E-state index contributed by atoms with van der Waals surface area (Å²) in [5.74, 6) is 0. The lowest BCUT2D eigenvalue weighted by molar-refractivity contribution is 0.688. The molecule has 0 radical (unpaired) electrons. The van der Waals surface area contributed by atoms with E-state index in [1.165, 1.54) is 24.1 Å². The van der Waals surface area contributed by atoms with Crippen LogP contribution in [0, 0.1) is 0 Å². The molecular weight excluding hydrogens is 246 g/mol. The molecule has 0 atom stereocenters. The number of pyridine rings is 1. The van der Waals surface area contributed by atoms with Gasteiger partial charge in [0.2, 0.25) is 0 Å². The van der Waals surface area contributed by atoms with Crippen molar-refractivity contribution in [2.24, 2.45) is 0 Å². The Morgan fingerprint density at radius 2 is 1.95 bits per heavy atom. The van der Waals surface area contributed by atoms with Gasteiger partial charge in [0.25, 0.3) is 0 Å². The summed E-state index contributed by atoms with van der Waals surface area (Å²) in [7, 11) is 2.10. The van der Waals surface area contributed by atoms with Crippen LogP contribution in [0.1, 0.15) is 24.1 Å². The van der Waals surface area contributed by atoms with E-state index >= 15 is 0 Å². The predicted octanol–water partition coefficient (Wildman–Crippen LogP) is 2.97. The zero-order chi connectivity index (χ0) is 13.8.